The van der Waals surface area contributed by atoms with E-state index in [1.165, 1.54) is 0 Å². The van der Waals surface area contributed by atoms with Crippen molar-refractivity contribution < 1.29 is 9.53 Å². The number of halogens is 1. The molecule has 19 heavy (non-hydrogen) atoms. The maximum atomic E-state index is 11.8. The van der Waals surface area contributed by atoms with E-state index in [4.69, 9.17) is 10.5 Å². The Bertz CT molecular complexity index is 622. The third-order valence-corrected chi connectivity index (χ3v) is 3.56. The van der Waals surface area contributed by atoms with Crippen molar-refractivity contribution in [3.63, 3.8) is 0 Å². The van der Waals surface area contributed by atoms with Crippen LogP contribution in [-0.2, 0) is 4.74 Å². The Balaban J connectivity index is 2.54. The number of aryl methyl sites for hydroxylation is 1. The fourth-order valence-electron chi connectivity index (χ4n) is 1.84. The first-order valence-corrected chi connectivity index (χ1v) is 6.91. The Hall–Kier alpha value is -1.57. The lowest BCUT2D eigenvalue weighted by Gasteiger charge is -2.09. The average molecular weight is 371 g/mol. The van der Waals surface area contributed by atoms with Crippen LogP contribution in [0.1, 0.15) is 23.2 Å². The predicted octanol–water partition coefficient (Wildman–Crippen LogP) is 2.54. The number of carbonyl (C=O) groups is 1. The molecule has 0 saturated carbocycles. The molecule has 0 aliphatic rings. The fourth-order valence-corrected chi connectivity index (χ4v) is 2.46. The van der Waals surface area contributed by atoms with Gasteiger partial charge in [0.15, 0.2) is 5.69 Å². The molecule has 2 rings (SSSR count). The van der Waals surface area contributed by atoms with E-state index in [1.807, 2.05) is 31.2 Å². The van der Waals surface area contributed by atoms with Crippen LogP contribution in [0.5, 0.6) is 0 Å². The zero-order valence-corrected chi connectivity index (χ0v) is 12.8. The normalized spacial score (nSPS) is 10.5. The summed E-state index contributed by atoms with van der Waals surface area (Å²) in [6.45, 7) is 3.85. The number of nitrogens with two attached hydrogens (primary N) is 1. The number of imidazole rings is 1. The number of hydrogen-bond donors (Lipinski definition) is 1. The Morgan fingerprint density at radius 1 is 1.47 bits per heavy atom. The van der Waals surface area contributed by atoms with Gasteiger partial charge in [-0.3, -0.25) is 4.57 Å². The zero-order valence-electron chi connectivity index (χ0n) is 10.7. The third kappa shape index (κ3) is 2.58. The molecule has 1 heterocycles. The molecule has 0 bridgehead atoms. The van der Waals surface area contributed by atoms with Crippen molar-refractivity contribution in [3.05, 3.63) is 39.4 Å². The van der Waals surface area contributed by atoms with Gasteiger partial charge in [-0.15, -0.1) is 0 Å². The highest BCUT2D eigenvalue weighted by Crippen LogP contribution is 2.24. The second-order valence-corrected chi connectivity index (χ2v) is 5.06. The van der Waals surface area contributed by atoms with E-state index in [0.29, 0.717) is 18.2 Å². The summed E-state index contributed by atoms with van der Waals surface area (Å²) in [5.41, 5.74) is 7.10. The Labute approximate surface area is 124 Å². The van der Waals surface area contributed by atoms with E-state index in [-0.39, 0.29) is 5.69 Å². The van der Waals surface area contributed by atoms with Gasteiger partial charge < -0.3 is 10.5 Å². The number of benzene rings is 1. The van der Waals surface area contributed by atoms with Crippen molar-refractivity contribution in [1.82, 2.24) is 9.55 Å². The first-order valence-electron chi connectivity index (χ1n) is 5.83. The number of aromatic nitrogens is 2. The van der Waals surface area contributed by atoms with Gasteiger partial charge in [0, 0.05) is 3.57 Å². The molecule has 0 radical (unpaired) electrons. The highest BCUT2D eigenvalue weighted by Gasteiger charge is 2.21. The number of ether oxygens (including phenoxy) is 1. The molecular weight excluding hydrogens is 357 g/mol. The Morgan fingerprint density at radius 2 is 2.16 bits per heavy atom. The van der Waals surface area contributed by atoms with E-state index in [2.05, 4.69) is 27.6 Å². The van der Waals surface area contributed by atoms with Crippen LogP contribution in [0, 0.1) is 10.5 Å². The summed E-state index contributed by atoms with van der Waals surface area (Å²) in [7, 11) is 0. The molecule has 0 aliphatic carbocycles. The van der Waals surface area contributed by atoms with Gasteiger partial charge in [-0.05, 0) is 48.6 Å². The standard InChI is InChI=1S/C13H14IN3O2/c1-3-19-13(18)11-12(15)17(8(2)16-11)10-7-5-4-6-9(10)14/h4-7H,3,15H2,1-2H3. The van der Waals surface area contributed by atoms with Gasteiger partial charge in [-0.2, -0.15) is 0 Å². The van der Waals surface area contributed by atoms with Crippen molar-refractivity contribution in [2.45, 2.75) is 13.8 Å². The van der Waals surface area contributed by atoms with Crippen LogP contribution in [-0.4, -0.2) is 22.1 Å². The van der Waals surface area contributed by atoms with Crippen molar-refractivity contribution in [3.8, 4) is 5.69 Å². The van der Waals surface area contributed by atoms with E-state index >= 15 is 0 Å². The molecule has 0 aliphatic heterocycles. The number of para-hydroxylation sites is 1. The molecule has 100 valence electrons. The maximum Gasteiger partial charge on any atom is 0.360 e. The number of rotatable bonds is 3. The minimum atomic E-state index is -0.493. The van der Waals surface area contributed by atoms with Crippen molar-refractivity contribution >= 4 is 34.4 Å². The summed E-state index contributed by atoms with van der Waals surface area (Å²) in [6, 6.07) is 7.76. The number of esters is 1. The molecule has 5 nitrogen and oxygen atoms in total. The average Bonchev–Trinajstić information content (AvgIpc) is 2.66. The molecule has 0 fully saturated rings. The van der Waals surface area contributed by atoms with Crippen LogP contribution in [0.3, 0.4) is 0 Å². The smallest absolute Gasteiger partial charge is 0.360 e. The zero-order chi connectivity index (χ0) is 14.0. The van der Waals surface area contributed by atoms with Gasteiger partial charge in [-0.1, -0.05) is 12.1 Å². The van der Waals surface area contributed by atoms with Crippen LogP contribution >= 0.6 is 22.6 Å². The van der Waals surface area contributed by atoms with E-state index in [1.54, 1.807) is 11.5 Å². The van der Waals surface area contributed by atoms with Crippen LogP contribution in [0.25, 0.3) is 5.69 Å². The van der Waals surface area contributed by atoms with Crippen LogP contribution < -0.4 is 5.73 Å². The second kappa shape index (κ2) is 5.60. The summed E-state index contributed by atoms with van der Waals surface area (Å²) in [6.07, 6.45) is 0. The van der Waals surface area contributed by atoms with Gasteiger partial charge in [-0.25, -0.2) is 9.78 Å². The first kappa shape index (κ1) is 13.9. The molecule has 0 unspecified atom stereocenters. The SMILES string of the molecule is CCOC(=O)c1nc(C)n(-c2ccccc2I)c1N. The summed E-state index contributed by atoms with van der Waals surface area (Å²) in [5.74, 6) is 0.470. The maximum absolute atomic E-state index is 11.8. The van der Waals surface area contributed by atoms with Crippen LogP contribution in [0.2, 0.25) is 0 Å². The van der Waals surface area contributed by atoms with Gasteiger partial charge in [0.1, 0.15) is 11.6 Å². The molecule has 1 aromatic carbocycles. The summed E-state index contributed by atoms with van der Waals surface area (Å²) < 4.78 is 7.73. The first-order chi connectivity index (χ1) is 9.06. The number of nitrogen functional groups attached to an aromatic ring is 1. The van der Waals surface area contributed by atoms with Crippen LogP contribution in [0.15, 0.2) is 24.3 Å². The Kier molecular flexibility index (Phi) is 4.08. The minimum absolute atomic E-state index is 0.166. The molecule has 2 N–H and O–H groups in total. The van der Waals surface area contributed by atoms with Crippen molar-refractivity contribution in [2.75, 3.05) is 12.3 Å². The third-order valence-electron chi connectivity index (χ3n) is 2.64. The number of hydrogen-bond acceptors (Lipinski definition) is 4. The fraction of sp³-hybridized carbons (Fsp3) is 0.231. The number of anilines is 1. The van der Waals surface area contributed by atoms with Gasteiger partial charge in [0.2, 0.25) is 0 Å². The molecule has 0 spiro atoms. The molecule has 0 saturated heterocycles. The van der Waals surface area contributed by atoms with E-state index in [0.717, 1.165) is 9.26 Å². The lowest BCUT2D eigenvalue weighted by atomic mass is 10.3. The monoisotopic (exact) mass is 371 g/mol. The lowest BCUT2D eigenvalue weighted by molar-refractivity contribution is 0.0521. The van der Waals surface area contributed by atoms with Gasteiger partial charge in [0.05, 0.1) is 12.3 Å². The number of nitrogens with zero attached hydrogens (tertiary/aromatic N) is 2. The van der Waals surface area contributed by atoms with Crippen molar-refractivity contribution in [2.24, 2.45) is 0 Å². The van der Waals surface area contributed by atoms with Gasteiger partial charge >= 0.3 is 5.97 Å². The molecule has 1 aromatic heterocycles. The molecule has 6 heteroatoms. The molecular formula is C13H14IN3O2. The molecule has 2 aromatic rings. The van der Waals surface area contributed by atoms with E-state index < -0.39 is 5.97 Å². The molecule has 0 amide bonds. The second-order valence-electron chi connectivity index (χ2n) is 3.90. The lowest BCUT2D eigenvalue weighted by Crippen LogP contribution is -2.10. The highest BCUT2D eigenvalue weighted by molar-refractivity contribution is 14.1. The summed E-state index contributed by atoms with van der Waals surface area (Å²) >= 11 is 2.22. The summed E-state index contributed by atoms with van der Waals surface area (Å²) in [5, 5.41) is 0. The molecule has 0 atom stereocenters. The summed E-state index contributed by atoms with van der Waals surface area (Å²) in [4.78, 5) is 16.0. The number of carbonyl (C=O) groups excluding carboxylic acids is 1. The predicted molar refractivity (Wildman–Crippen MR) is 81.4 cm³/mol. The quantitative estimate of drug-likeness (QED) is 0.665. The van der Waals surface area contributed by atoms with Crippen molar-refractivity contribution in [1.29, 1.82) is 0 Å². The topological polar surface area (TPSA) is 70.1 Å². The highest BCUT2D eigenvalue weighted by atomic mass is 127. The van der Waals surface area contributed by atoms with Crippen LogP contribution in [0.4, 0.5) is 5.82 Å². The minimum Gasteiger partial charge on any atom is -0.461 e. The Morgan fingerprint density at radius 3 is 2.79 bits per heavy atom. The van der Waals surface area contributed by atoms with Gasteiger partial charge in [0.25, 0.3) is 0 Å². The van der Waals surface area contributed by atoms with E-state index in [9.17, 15) is 4.79 Å². The largest absolute Gasteiger partial charge is 0.461 e.